The van der Waals surface area contributed by atoms with Gasteiger partial charge in [-0.3, -0.25) is 4.79 Å². The molecular formula is C13H7F5N2O. The fraction of sp³-hybridized carbons (Fsp3) is 0.0769. The summed E-state index contributed by atoms with van der Waals surface area (Å²) < 4.78 is 64.5. The predicted molar refractivity (Wildman–Crippen MR) is 63.6 cm³/mol. The van der Waals surface area contributed by atoms with Crippen molar-refractivity contribution in [2.24, 2.45) is 0 Å². The number of carbonyl (C=O) groups is 1. The Morgan fingerprint density at radius 2 is 1.76 bits per heavy atom. The molecule has 0 aliphatic heterocycles. The quantitative estimate of drug-likeness (QED) is 0.680. The van der Waals surface area contributed by atoms with Crippen LogP contribution in [0.25, 0.3) is 0 Å². The minimum Gasteiger partial charge on any atom is -0.321 e. The molecule has 0 spiro atoms. The van der Waals surface area contributed by atoms with Crippen LogP contribution in [0.2, 0.25) is 0 Å². The number of alkyl halides is 3. The fourth-order valence-electron chi connectivity index (χ4n) is 1.62. The number of anilines is 1. The van der Waals surface area contributed by atoms with Crippen molar-refractivity contribution in [2.45, 2.75) is 6.18 Å². The summed E-state index contributed by atoms with van der Waals surface area (Å²) in [6, 6.07) is 5.05. The van der Waals surface area contributed by atoms with Gasteiger partial charge < -0.3 is 5.32 Å². The van der Waals surface area contributed by atoms with E-state index in [4.69, 9.17) is 0 Å². The predicted octanol–water partition coefficient (Wildman–Crippen LogP) is 3.63. The van der Waals surface area contributed by atoms with Crippen LogP contribution >= 0.6 is 0 Å². The highest BCUT2D eigenvalue weighted by Crippen LogP contribution is 2.34. The number of aromatic nitrogens is 1. The van der Waals surface area contributed by atoms with Crippen molar-refractivity contribution in [3.05, 3.63) is 59.4 Å². The molecule has 1 aromatic carbocycles. The van der Waals surface area contributed by atoms with E-state index in [9.17, 15) is 26.7 Å². The van der Waals surface area contributed by atoms with E-state index in [0.717, 1.165) is 30.5 Å². The van der Waals surface area contributed by atoms with Crippen LogP contribution in [0.3, 0.4) is 0 Å². The highest BCUT2D eigenvalue weighted by atomic mass is 19.4. The van der Waals surface area contributed by atoms with Gasteiger partial charge in [-0.25, -0.2) is 9.37 Å². The molecule has 1 aromatic heterocycles. The van der Waals surface area contributed by atoms with Gasteiger partial charge in [-0.15, -0.1) is 0 Å². The van der Waals surface area contributed by atoms with Crippen molar-refractivity contribution in [1.29, 1.82) is 0 Å². The summed E-state index contributed by atoms with van der Waals surface area (Å²) in [4.78, 5) is 14.7. The largest absolute Gasteiger partial charge is 0.418 e. The van der Waals surface area contributed by atoms with Crippen LogP contribution < -0.4 is 5.32 Å². The third-order valence-electron chi connectivity index (χ3n) is 2.57. The van der Waals surface area contributed by atoms with E-state index in [1.54, 1.807) is 0 Å². The number of nitrogens with zero attached hydrogens (tertiary/aromatic N) is 1. The molecule has 0 atom stereocenters. The lowest BCUT2D eigenvalue weighted by molar-refractivity contribution is -0.136. The minimum absolute atomic E-state index is 0.549. The second-order valence-corrected chi connectivity index (χ2v) is 3.96. The highest BCUT2D eigenvalue weighted by molar-refractivity contribution is 6.04. The lowest BCUT2D eigenvalue weighted by Gasteiger charge is -2.13. The van der Waals surface area contributed by atoms with Crippen LogP contribution in [-0.4, -0.2) is 10.9 Å². The Labute approximate surface area is 115 Å². The minimum atomic E-state index is -4.69. The molecule has 0 unspecified atom stereocenters. The van der Waals surface area contributed by atoms with Gasteiger partial charge in [0.15, 0.2) is 5.82 Å². The molecule has 2 aromatic rings. The average Bonchev–Trinajstić information content (AvgIpc) is 2.41. The number of carbonyl (C=O) groups excluding carboxylic acids is 1. The van der Waals surface area contributed by atoms with E-state index >= 15 is 0 Å². The Hall–Kier alpha value is -2.51. The first-order valence-corrected chi connectivity index (χ1v) is 5.58. The van der Waals surface area contributed by atoms with E-state index in [2.05, 4.69) is 4.98 Å². The molecule has 1 N–H and O–H groups in total. The lowest BCUT2D eigenvalue weighted by atomic mass is 10.1. The lowest BCUT2D eigenvalue weighted by Crippen LogP contribution is -2.18. The van der Waals surface area contributed by atoms with Gasteiger partial charge in [0.25, 0.3) is 5.91 Å². The van der Waals surface area contributed by atoms with E-state index in [1.807, 2.05) is 5.32 Å². The third kappa shape index (κ3) is 3.15. The van der Waals surface area contributed by atoms with Crippen LogP contribution in [0.5, 0.6) is 0 Å². The molecule has 0 saturated carbocycles. The Kier molecular flexibility index (Phi) is 3.88. The molecule has 8 heteroatoms. The number of halogens is 5. The summed E-state index contributed by atoms with van der Waals surface area (Å²) in [6.45, 7) is 0. The molecule has 0 fully saturated rings. The highest BCUT2D eigenvalue weighted by Gasteiger charge is 2.33. The van der Waals surface area contributed by atoms with Crippen LogP contribution in [0.1, 0.15) is 15.9 Å². The third-order valence-corrected chi connectivity index (χ3v) is 2.57. The molecule has 0 radical (unpaired) electrons. The maximum atomic E-state index is 13.4. The topological polar surface area (TPSA) is 42.0 Å². The number of pyridine rings is 1. The van der Waals surface area contributed by atoms with Crippen LogP contribution in [0.15, 0.2) is 36.5 Å². The summed E-state index contributed by atoms with van der Waals surface area (Å²) in [6.07, 6.45) is -3.85. The number of amides is 1. The van der Waals surface area contributed by atoms with E-state index in [0.29, 0.717) is 0 Å². The van der Waals surface area contributed by atoms with Crippen molar-refractivity contribution in [3.63, 3.8) is 0 Å². The molecule has 2 rings (SSSR count). The van der Waals surface area contributed by atoms with Crippen molar-refractivity contribution in [2.75, 3.05) is 5.32 Å². The van der Waals surface area contributed by atoms with Gasteiger partial charge in [0, 0.05) is 6.20 Å². The monoisotopic (exact) mass is 302 g/mol. The Bertz CT molecular complexity index is 685. The summed E-state index contributed by atoms with van der Waals surface area (Å²) in [7, 11) is 0. The van der Waals surface area contributed by atoms with Gasteiger partial charge in [0.1, 0.15) is 0 Å². The van der Waals surface area contributed by atoms with Gasteiger partial charge in [-0.2, -0.15) is 17.6 Å². The van der Waals surface area contributed by atoms with Gasteiger partial charge in [0.2, 0.25) is 5.95 Å². The number of nitrogens with one attached hydrogen (secondary N) is 1. The first-order chi connectivity index (χ1) is 9.80. The molecule has 0 bridgehead atoms. The number of rotatable bonds is 2. The standard InChI is InChI=1S/C13H7F5N2O/c14-10-7(5-6-19-11(10)15)12(21)20-9-4-2-1-3-8(9)13(16,17)18/h1-6H,(H,20,21). The molecule has 21 heavy (non-hydrogen) atoms. The first kappa shape index (κ1) is 14.9. The average molecular weight is 302 g/mol. The number of hydrogen-bond acceptors (Lipinski definition) is 2. The molecule has 0 aliphatic carbocycles. The Morgan fingerprint density at radius 3 is 2.43 bits per heavy atom. The molecule has 1 amide bonds. The summed E-state index contributed by atoms with van der Waals surface area (Å²) >= 11 is 0. The summed E-state index contributed by atoms with van der Waals surface area (Å²) in [5.41, 5.74) is -2.38. The zero-order chi connectivity index (χ0) is 15.6. The number of hydrogen-bond donors (Lipinski definition) is 1. The maximum absolute atomic E-state index is 13.4. The Morgan fingerprint density at radius 1 is 1.10 bits per heavy atom. The molecular weight excluding hydrogens is 295 g/mol. The fourth-order valence-corrected chi connectivity index (χ4v) is 1.62. The molecule has 110 valence electrons. The van der Waals surface area contributed by atoms with Crippen molar-refractivity contribution in [1.82, 2.24) is 4.98 Å². The van der Waals surface area contributed by atoms with Crippen molar-refractivity contribution in [3.8, 4) is 0 Å². The summed E-state index contributed by atoms with van der Waals surface area (Å²) in [5, 5.41) is 1.91. The van der Waals surface area contributed by atoms with Crippen LogP contribution in [0, 0.1) is 11.8 Å². The first-order valence-electron chi connectivity index (χ1n) is 5.58. The van der Waals surface area contributed by atoms with E-state index in [1.165, 1.54) is 6.07 Å². The molecule has 0 saturated heterocycles. The zero-order valence-electron chi connectivity index (χ0n) is 10.2. The number of para-hydroxylation sites is 1. The van der Waals surface area contributed by atoms with Gasteiger partial charge in [0.05, 0.1) is 16.8 Å². The Balaban J connectivity index is 2.35. The van der Waals surface area contributed by atoms with Crippen LogP contribution in [-0.2, 0) is 6.18 Å². The van der Waals surface area contributed by atoms with Gasteiger partial charge in [-0.05, 0) is 18.2 Å². The van der Waals surface area contributed by atoms with E-state index < -0.39 is 40.7 Å². The van der Waals surface area contributed by atoms with Crippen LogP contribution in [0.4, 0.5) is 27.6 Å². The van der Waals surface area contributed by atoms with Gasteiger partial charge in [-0.1, -0.05) is 12.1 Å². The normalized spacial score (nSPS) is 11.3. The zero-order valence-corrected chi connectivity index (χ0v) is 10.2. The maximum Gasteiger partial charge on any atom is 0.418 e. The second kappa shape index (κ2) is 5.47. The van der Waals surface area contributed by atoms with Gasteiger partial charge >= 0.3 is 6.18 Å². The number of benzene rings is 1. The smallest absolute Gasteiger partial charge is 0.321 e. The van der Waals surface area contributed by atoms with Crippen molar-refractivity contribution < 1.29 is 26.7 Å². The van der Waals surface area contributed by atoms with E-state index in [-0.39, 0.29) is 0 Å². The molecule has 1 heterocycles. The SMILES string of the molecule is O=C(Nc1ccccc1C(F)(F)F)c1ccnc(F)c1F. The van der Waals surface area contributed by atoms with Crippen molar-refractivity contribution >= 4 is 11.6 Å². The summed E-state index contributed by atoms with van der Waals surface area (Å²) in [5.74, 6) is -4.24. The second-order valence-electron chi connectivity index (χ2n) is 3.96. The molecule has 0 aliphatic rings. The molecule has 3 nitrogen and oxygen atoms in total.